The minimum Gasteiger partial charge on any atom is -0.378 e. The molecule has 1 fully saturated rings. The Balaban J connectivity index is 1.89. The van der Waals surface area contributed by atoms with Crippen molar-refractivity contribution >= 4 is 40.7 Å². The summed E-state index contributed by atoms with van der Waals surface area (Å²) in [5.41, 5.74) is 1.49. The zero-order valence-corrected chi connectivity index (χ0v) is 13.7. The van der Waals surface area contributed by atoms with Crippen LogP contribution in [0, 0.1) is 6.92 Å². The number of para-hydroxylation sites is 1. The molecule has 1 aromatic heterocycles. The van der Waals surface area contributed by atoms with E-state index in [1.807, 2.05) is 13.0 Å². The van der Waals surface area contributed by atoms with Gasteiger partial charge in [0.05, 0.1) is 28.9 Å². The maximum absolute atomic E-state index is 6.18. The fourth-order valence-electron chi connectivity index (χ4n) is 2.29. The van der Waals surface area contributed by atoms with E-state index in [-0.39, 0.29) is 0 Å². The molecule has 1 aromatic carbocycles. The van der Waals surface area contributed by atoms with E-state index in [1.165, 1.54) is 0 Å². The first-order chi connectivity index (χ1) is 10.6. The zero-order chi connectivity index (χ0) is 15.5. The van der Waals surface area contributed by atoms with Crippen molar-refractivity contribution in [3.05, 3.63) is 40.0 Å². The number of nitrogens with zero attached hydrogens (tertiary/aromatic N) is 3. The van der Waals surface area contributed by atoms with E-state index in [0.717, 1.165) is 24.6 Å². The van der Waals surface area contributed by atoms with E-state index in [4.69, 9.17) is 27.9 Å². The van der Waals surface area contributed by atoms with Gasteiger partial charge < -0.3 is 15.0 Å². The molecule has 22 heavy (non-hydrogen) atoms. The van der Waals surface area contributed by atoms with Gasteiger partial charge in [0.1, 0.15) is 5.82 Å². The highest BCUT2D eigenvalue weighted by molar-refractivity contribution is 6.39. The Morgan fingerprint density at radius 1 is 1.14 bits per heavy atom. The lowest BCUT2D eigenvalue weighted by molar-refractivity contribution is 0.122. The predicted molar refractivity (Wildman–Crippen MR) is 89.5 cm³/mol. The van der Waals surface area contributed by atoms with Crippen LogP contribution in [0.1, 0.15) is 5.69 Å². The van der Waals surface area contributed by atoms with Crippen LogP contribution in [0.2, 0.25) is 10.0 Å². The maximum Gasteiger partial charge on any atom is 0.229 e. The first kappa shape index (κ1) is 15.3. The molecule has 0 radical (unpaired) electrons. The van der Waals surface area contributed by atoms with E-state index in [1.54, 1.807) is 18.2 Å². The molecule has 116 valence electrons. The fourth-order valence-corrected chi connectivity index (χ4v) is 2.78. The van der Waals surface area contributed by atoms with Crippen molar-refractivity contribution in [1.82, 2.24) is 9.97 Å². The van der Waals surface area contributed by atoms with Gasteiger partial charge in [0.2, 0.25) is 5.95 Å². The second-order valence-corrected chi connectivity index (χ2v) is 5.83. The van der Waals surface area contributed by atoms with Crippen molar-refractivity contribution in [3.8, 4) is 0 Å². The van der Waals surface area contributed by atoms with Gasteiger partial charge in [-0.05, 0) is 19.1 Å². The third-order valence-electron chi connectivity index (χ3n) is 3.38. The molecule has 0 unspecified atom stereocenters. The fraction of sp³-hybridized carbons (Fsp3) is 0.333. The standard InChI is InChI=1S/C15H16Cl2N4O/c1-10-9-13(21-5-7-22-8-6-21)19-15(18-10)20-14-11(16)3-2-4-12(14)17/h2-4,9H,5-8H2,1H3,(H,18,19,20). The van der Waals surface area contributed by atoms with Crippen LogP contribution in [0.25, 0.3) is 0 Å². The lowest BCUT2D eigenvalue weighted by atomic mass is 10.3. The van der Waals surface area contributed by atoms with Crippen LogP contribution in [0.4, 0.5) is 17.5 Å². The van der Waals surface area contributed by atoms with Gasteiger partial charge in [-0.25, -0.2) is 4.98 Å². The normalized spacial score (nSPS) is 15.0. The summed E-state index contributed by atoms with van der Waals surface area (Å²) < 4.78 is 5.37. The van der Waals surface area contributed by atoms with Crippen LogP contribution in [0.5, 0.6) is 0 Å². The van der Waals surface area contributed by atoms with Gasteiger partial charge in [-0.15, -0.1) is 0 Å². The van der Waals surface area contributed by atoms with Crippen molar-refractivity contribution in [3.63, 3.8) is 0 Å². The molecule has 0 aliphatic carbocycles. The number of ether oxygens (including phenoxy) is 1. The van der Waals surface area contributed by atoms with Crippen LogP contribution >= 0.6 is 23.2 Å². The maximum atomic E-state index is 6.18. The minimum absolute atomic E-state index is 0.483. The SMILES string of the molecule is Cc1cc(N2CCOCC2)nc(Nc2c(Cl)cccc2Cl)n1. The summed E-state index contributed by atoms with van der Waals surface area (Å²) in [6.07, 6.45) is 0. The number of morpholine rings is 1. The van der Waals surface area contributed by atoms with Crippen molar-refractivity contribution in [2.45, 2.75) is 6.92 Å². The average molecular weight is 339 g/mol. The summed E-state index contributed by atoms with van der Waals surface area (Å²) in [5.74, 6) is 1.36. The van der Waals surface area contributed by atoms with E-state index >= 15 is 0 Å². The number of anilines is 3. The Bertz CT molecular complexity index is 654. The molecule has 0 saturated carbocycles. The van der Waals surface area contributed by atoms with Gasteiger partial charge in [0.25, 0.3) is 0 Å². The van der Waals surface area contributed by atoms with Gasteiger partial charge in [0, 0.05) is 24.8 Å². The van der Waals surface area contributed by atoms with Gasteiger partial charge in [-0.2, -0.15) is 4.98 Å². The summed E-state index contributed by atoms with van der Waals surface area (Å²) in [4.78, 5) is 11.2. The largest absolute Gasteiger partial charge is 0.378 e. The van der Waals surface area contributed by atoms with Gasteiger partial charge >= 0.3 is 0 Å². The minimum atomic E-state index is 0.483. The predicted octanol–water partition coefficient (Wildman–Crippen LogP) is 3.67. The highest BCUT2D eigenvalue weighted by Crippen LogP contribution is 2.32. The molecule has 1 aliphatic heterocycles. The van der Waals surface area contributed by atoms with Crippen LogP contribution in [-0.2, 0) is 4.74 Å². The smallest absolute Gasteiger partial charge is 0.229 e. The molecule has 7 heteroatoms. The monoisotopic (exact) mass is 338 g/mol. The summed E-state index contributed by atoms with van der Waals surface area (Å²) >= 11 is 12.4. The number of hydrogen-bond donors (Lipinski definition) is 1. The Hall–Kier alpha value is -1.56. The number of benzene rings is 1. The first-order valence-corrected chi connectivity index (χ1v) is 7.78. The van der Waals surface area contributed by atoms with Gasteiger partial charge in [-0.3, -0.25) is 0 Å². The van der Waals surface area contributed by atoms with Crippen molar-refractivity contribution in [2.75, 3.05) is 36.5 Å². The molecule has 1 N–H and O–H groups in total. The van der Waals surface area contributed by atoms with E-state index in [2.05, 4.69) is 20.2 Å². The molecule has 0 bridgehead atoms. The summed E-state index contributed by atoms with van der Waals surface area (Å²) in [6, 6.07) is 7.31. The molecule has 1 aliphatic rings. The second kappa shape index (κ2) is 6.69. The number of rotatable bonds is 3. The summed E-state index contributed by atoms with van der Waals surface area (Å²) in [6.45, 7) is 5.00. The Morgan fingerprint density at radius 2 is 1.82 bits per heavy atom. The first-order valence-electron chi connectivity index (χ1n) is 7.03. The molecule has 2 aromatic rings. The lowest BCUT2D eigenvalue weighted by Gasteiger charge is -2.28. The second-order valence-electron chi connectivity index (χ2n) is 5.01. The Labute approximate surface area is 139 Å². The molecule has 0 spiro atoms. The highest BCUT2D eigenvalue weighted by atomic mass is 35.5. The van der Waals surface area contributed by atoms with Crippen LogP contribution in [0.3, 0.4) is 0 Å². The van der Waals surface area contributed by atoms with Crippen molar-refractivity contribution in [2.24, 2.45) is 0 Å². The molecule has 2 heterocycles. The third kappa shape index (κ3) is 3.43. The number of hydrogen-bond acceptors (Lipinski definition) is 5. The molecular formula is C15H16Cl2N4O. The molecular weight excluding hydrogens is 323 g/mol. The molecule has 3 rings (SSSR count). The average Bonchev–Trinajstić information content (AvgIpc) is 2.51. The topological polar surface area (TPSA) is 50.3 Å². The van der Waals surface area contributed by atoms with Crippen molar-refractivity contribution < 1.29 is 4.74 Å². The molecule has 0 amide bonds. The van der Waals surface area contributed by atoms with Crippen LogP contribution < -0.4 is 10.2 Å². The van der Waals surface area contributed by atoms with Crippen LogP contribution in [-0.4, -0.2) is 36.3 Å². The third-order valence-corrected chi connectivity index (χ3v) is 4.01. The molecule has 5 nitrogen and oxygen atoms in total. The van der Waals surface area contributed by atoms with E-state index in [0.29, 0.717) is 34.9 Å². The van der Waals surface area contributed by atoms with Gasteiger partial charge in [0.15, 0.2) is 0 Å². The summed E-state index contributed by atoms with van der Waals surface area (Å²) in [7, 11) is 0. The number of aromatic nitrogens is 2. The van der Waals surface area contributed by atoms with E-state index < -0.39 is 0 Å². The van der Waals surface area contributed by atoms with Crippen molar-refractivity contribution in [1.29, 1.82) is 0 Å². The Kier molecular flexibility index (Phi) is 4.66. The highest BCUT2D eigenvalue weighted by Gasteiger charge is 2.15. The molecule has 1 saturated heterocycles. The number of halogens is 2. The Morgan fingerprint density at radius 3 is 2.50 bits per heavy atom. The number of nitrogens with one attached hydrogen (secondary N) is 1. The quantitative estimate of drug-likeness (QED) is 0.925. The number of aryl methyl sites for hydroxylation is 1. The van der Waals surface area contributed by atoms with Gasteiger partial charge in [-0.1, -0.05) is 29.3 Å². The van der Waals surface area contributed by atoms with E-state index in [9.17, 15) is 0 Å². The molecule has 0 atom stereocenters. The zero-order valence-electron chi connectivity index (χ0n) is 12.1. The lowest BCUT2D eigenvalue weighted by Crippen LogP contribution is -2.36. The summed E-state index contributed by atoms with van der Waals surface area (Å²) in [5, 5.41) is 4.18. The van der Waals surface area contributed by atoms with Crippen LogP contribution in [0.15, 0.2) is 24.3 Å².